The van der Waals surface area contributed by atoms with Crippen LogP contribution in [0.3, 0.4) is 0 Å². The molecule has 0 radical (unpaired) electrons. The van der Waals surface area contributed by atoms with Gasteiger partial charge in [-0.15, -0.1) is 11.3 Å². The Morgan fingerprint density at radius 1 is 1.40 bits per heavy atom. The molecule has 2 nitrogen and oxygen atoms in total. The molecule has 1 aliphatic rings. The quantitative estimate of drug-likeness (QED) is 0.822. The van der Waals surface area contributed by atoms with Crippen LogP contribution in [0.25, 0.3) is 0 Å². The number of amides is 1. The highest BCUT2D eigenvalue weighted by Gasteiger charge is 2.27. The SMILES string of the molecule is Cc1cc(Br)ccc1NC(=O)C1CCCc2sccc21. The second kappa shape index (κ2) is 5.70. The lowest BCUT2D eigenvalue weighted by Gasteiger charge is -2.22. The van der Waals surface area contributed by atoms with Crippen LogP contribution in [-0.4, -0.2) is 5.91 Å². The molecule has 104 valence electrons. The number of hydrogen-bond donors (Lipinski definition) is 1. The number of anilines is 1. The minimum Gasteiger partial charge on any atom is -0.325 e. The molecule has 2 aromatic rings. The molecule has 4 heteroatoms. The summed E-state index contributed by atoms with van der Waals surface area (Å²) in [6, 6.07) is 8.04. The summed E-state index contributed by atoms with van der Waals surface area (Å²) in [7, 11) is 0. The zero-order valence-corrected chi connectivity index (χ0v) is 13.7. The molecule has 0 saturated heterocycles. The number of fused-ring (bicyclic) bond motifs is 1. The molecular formula is C16H16BrNOS. The second-order valence-electron chi connectivity index (χ2n) is 5.19. The Balaban J connectivity index is 1.81. The average Bonchev–Trinajstić information content (AvgIpc) is 2.90. The van der Waals surface area contributed by atoms with Crippen LogP contribution >= 0.6 is 27.3 Å². The zero-order valence-electron chi connectivity index (χ0n) is 11.3. The first kappa shape index (κ1) is 13.8. The Labute approximate surface area is 131 Å². The molecule has 0 fully saturated rings. The zero-order chi connectivity index (χ0) is 14.1. The van der Waals surface area contributed by atoms with Crippen molar-refractivity contribution in [3.63, 3.8) is 0 Å². The highest BCUT2D eigenvalue weighted by Crippen LogP contribution is 2.35. The van der Waals surface area contributed by atoms with Crippen LogP contribution in [0.5, 0.6) is 0 Å². The van der Waals surface area contributed by atoms with Crippen molar-refractivity contribution in [2.45, 2.75) is 32.1 Å². The standard InChI is InChI=1S/C16H16BrNOS/c1-10-9-11(17)5-6-14(10)18-16(19)13-3-2-4-15-12(13)7-8-20-15/h5-9,13H,2-4H2,1H3,(H,18,19). The molecule has 1 aromatic heterocycles. The number of carbonyl (C=O) groups is 1. The normalized spacial score (nSPS) is 17.6. The number of nitrogens with one attached hydrogen (secondary N) is 1. The number of benzene rings is 1. The highest BCUT2D eigenvalue weighted by atomic mass is 79.9. The maximum Gasteiger partial charge on any atom is 0.231 e. The van der Waals surface area contributed by atoms with Gasteiger partial charge in [0.15, 0.2) is 0 Å². The summed E-state index contributed by atoms with van der Waals surface area (Å²) in [6.07, 6.45) is 3.17. The van der Waals surface area contributed by atoms with Gasteiger partial charge in [-0.2, -0.15) is 0 Å². The van der Waals surface area contributed by atoms with Gasteiger partial charge in [-0.1, -0.05) is 15.9 Å². The molecule has 1 atom stereocenters. The van der Waals surface area contributed by atoms with Crippen LogP contribution in [0.15, 0.2) is 34.1 Å². The van der Waals surface area contributed by atoms with Gasteiger partial charge < -0.3 is 5.32 Å². The van der Waals surface area contributed by atoms with E-state index < -0.39 is 0 Å². The van der Waals surface area contributed by atoms with Crippen molar-refractivity contribution in [3.05, 3.63) is 50.1 Å². The van der Waals surface area contributed by atoms with Crippen LogP contribution in [0.1, 0.15) is 34.8 Å². The summed E-state index contributed by atoms with van der Waals surface area (Å²) in [5.74, 6) is 0.128. The number of rotatable bonds is 2. The largest absolute Gasteiger partial charge is 0.325 e. The third-order valence-corrected chi connectivity index (χ3v) is 5.30. The average molecular weight is 350 g/mol. The molecule has 1 aliphatic carbocycles. The van der Waals surface area contributed by atoms with E-state index in [9.17, 15) is 4.79 Å². The van der Waals surface area contributed by atoms with Crippen molar-refractivity contribution in [1.29, 1.82) is 0 Å². The molecular weight excluding hydrogens is 334 g/mol. The van der Waals surface area contributed by atoms with E-state index in [1.165, 1.54) is 10.4 Å². The maximum atomic E-state index is 12.5. The van der Waals surface area contributed by atoms with Crippen LogP contribution < -0.4 is 5.32 Å². The van der Waals surface area contributed by atoms with Gasteiger partial charge in [0.2, 0.25) is 5.91 Å². The molecule has 1 N–H and O–H groups in total. The summed E-state index contributed by atoms with van der Waals surface area (Å²) in [6.45, 7) is 2.01. The van der Waals surface area contributed by atoms with Crippen molar-refractivity contribution < 1.29 is 4.79 Å². The van der Waals surface area contributed by atoms with E-state index in [1.807, 2.05) is 25.1 Å². The summed E-state index contributed by atoms with van der Waals surface area (Å²) < 4.78 is 1.03. The monoisotopic (exact) mass is 349 g/mol. The Kier molecular flexibility index (Phi) is 3.94. The Morgan fingerprint density at radius 3 is 3.05 bits per heavy atom. The molecule has 0 saturated carbocycles. The number of thiophene rings is 1. The van der Waals surface area contributed by atoms with Crippen LogP contribution in [0.2, 0.25) is 0 Å². The summed E-state index contributed by atoms with van der Waals surface area (Å²) in [5, 5.41) is 5.18. The van der Waals surface area contributed by atoms with Gasteiger partial charge in [-0.25, -0.2) is 0 Å². The fourth-order valence-electron chi connectivity index (χ4n) is 2.75. The fourth-order valence-corrected chi connectivity index (χ4v) is 4.21. The van der Waals surface area contributed by atoms with Crippen molar-refractivity contribution in [1.82, 2.24) is 0 Å². The fraction of sp³-hybridized carbons (Fsp3) is 0.312. The molecule has 1 heterocycles. The molecule has 0 bridgehead atoms. The van der Waals surface area contributed by atoms with E-state index >= 15 is 0 Å². The minimum absolute atomic E-state index is 0.00745. The van der Waals surface area contributed by atoms with Crippen LogP contribution in [0, 0.1) is 6.92 Å². The molecule has 0 spiro atoms. The van der Waals surface area contributed by atoms with Gasteiger partial charge in [-0.05, 0) is 67.0 Å². The first-order valence-electron chi connectivity index (χ1n) is 6.78. The van der Waals surface area contributed by atoms with Crippen molar-refractivity contribution in [3.8, 4) is 0 Å². The minimum atomic E-state index is 0.00745. The lowest BCUT2D eigenvalue weighted by molar-refractivity contribution is -0.117. The van der Waals surface area contributed by atoms with Crippen LogP contribution in [-0.2, 0) is 11.2 Å². The molecule has 20 heavy (non-hydrogen) atoms. The topological polar surface area (TPSA) is 29.1 Å². The third kappa shape index (κ3) is 2.67. The Hall–Kier alpha value is -1.13. The van der Waals surface area contributed by atoms with E-state index in [-0.39, 0.29) is 11.8 Å². The summed E-state index contributed by atoms with van der Waals surface area (Å²) in [5.41, 5.74) is 3.21. The molecule has 1 amide bonds. The number of carbonyl (C=O) groups excluding carboxylic acids is 1. The summed E-state index contributed by atoms with van der Waals surface area (Å²) in [4.78, 5) is 13.9. The van der Waals surface area contributed by atoms with Crippen molar-refractivity contribution in [2.75, 3.05) is 5.32 Å². The third-order valence-electron chi connectivity index (χ3n) is 3.81. The van der Waals surface area contributed by atoms with Gasteiger partial charge in [0.1, 0.15) is 0 Å². The van der Waals surface area contributed by atoms with Gasteiger partial charge >= 0.3 is 0 Å². The number of halogens is 1. The van der Waals surface area contributed by atoms with Crippen molar-refractivity contribution in [2.24, 2.45) is 0 Å². The van der Waals surface area contributed by atoms with E-state index in [2.05, 4.69) is 32.7 Å². The lowest BCUT2D eigenvalue weighted by Crippen LogP contribution is -2.24. The summed E-state index contributed by atoms with van der Waals surface area (Å²) >= 11 is 5.22. The van der Waals surface area contributed by atoms with Gasteiger partial charge in [-0.3, -0.25) is 4.79 Å². The first-order valence-corrected chi connectivity index (χ1v) is 8.45. The Morgan fingerprint density at radius 2 is 2.25 bits per heavy atom. The predicted octanol–water partition coefficient (Wildman–Crippen LogP) is 4.88. The smallest absolute Gasteiger partial charge is 0.231 e. The van der Waals surface area contributed by atoms with Gasteiger partial charge in [0.25, 0.3) is 0 Å². The van der Waals surface area contributed by atoms with E-state index in [0.717, 1.165) is 35.0 Å². The van der Waals surface area contributed by atoms with E-state index in [1.54, 1.807) is 11.3 Å². The van der Waals surface area contributed by atoms with E-state index in [0.29, 0.717) is 0 Å². The van der Waals surface area contributed by atoms with E-state index in [4.69, 9.17) is 0 Å². The number of hydrogen-bond acceptors (Lipinski definition) is 2. The van der Waals surface area contributed by atoms with Crippen LogP contribution in [0.4, 0.5) is 5.69 Å². The maximum absolute atomic E-state index is 12.5. The molecule has 0 aliphatic heterocycles. The predicted molar refractivity (Wildman–Crippen MR) is 87.5 cm³/mol. The molecule has 1 unspecified atom stereocenters. The van der Waals surface area contributed by atoms with Crippen molar-refractivity contribution >= 4 is 38.9 Å². The Bertz CT molecular complexity index is 650. The lowest BCUT2D eigenvalue weighted by atomic mass is 9.87. The molecule has 1 aromatic carbocycles. The van der Waals surface area contributed by atoms with Gasteiger partial charge in [0, 0.05) is 15.0 Å². The first-order chi connectivity index (χ1) is 9.65. The highest BCUT2D eigenvalue weighted by molar-refractivity contribution is 9.10. The molecule has 3 rings (SSSR count). The second-order valence-corrected chi connectivity index (χ2v) is 7.11. The number of aryl methyl sites for hydroxylation is 2. The van der Waals surface area contributed by atoms with Gasteiger partial charge in [0.05, 0.1) is 5.92 Å².